The molecule has 0 atom stereocenters. The molecule has 0 bridgehead atoms. The molecule has 0 amide bonds. The van der Waals surface area contributed by atoms with Crippen molar-refractivity contribution in [2.24, 2.45) is 0 Å². The van der Waals surface area contributed by atoms with Gasteiger partial charge in [-0.15, -0.1) is 11.3 Å². The van der Waals surface area contributed by atoms with Gasteiger partial charge in [0.05, 0.1) is 25.9 Å². The lowest BCUT2D eigenvalue weighted by Gasteiger charge is -2.12. The van der Waals surface area contributed by atoms with Crippen molar-refractivity contribution >= 4 is 34.2 Å². The van der Waals surface area contributed by atoms with E-state index >= 15 is 0 Å². The van der Waals surface area contributed by atoms with Crippen molar-refractivity contribution in [2.75, 3.05) is 14.2 Å². The molecule has 3 aromatic rings. The molecule has 0 spiro atoms. The van der Waals surface area contributed by atoms with E-state index in [1.165, 1.54) is 26.6 Å². The molecule has 124 valence electrons. The van der Waals surface area contributed by atoms with Crippen LogP contribution in [0.5, 0.6) is 17.2 Å². The zero-order valence-corrected chi connectivity index (χ0v) is 14.3. The summed E-state index contributed by atoms with van der Waals surface area (Å²) in [6.45, 7) is 2.00. The van der Waals surface area contributed by atoms with Crippen LogP contribution in [0.15, 0.2) is 35.0 Å². The highest BCUT2D eigenvalue weighted by molar-refractivity contribution is 7.12. The van der Waals surface area contributed by atoms with Gasteiger partial charge in [-0.25, -0.2) is 0 Å². The molecule has 1 N–H and O–H groups in total. The van der Waals surface area contributed by atoms with Crippen LogP contribution in [-0.4, -0.2) is 25.1 Å². The Bertz CT molecular complexity index is 932. The van der Waals surface area contributed by atoms with E-state index in [0.717, 1.165) is 9.75 Å². The predicted octanol–water partition coefficient (Wildman–Crippen LogP) is 4.42. The Hall–Kier alpha value is -2.73. The first kappa shape index (κ1) is 16.1. The highest BCUT2D eigenvalue weighted by atomic mass is 32.1. The lowest BCUT2D eigenvalue weighted by Crippen LogP contribution is -2.02. The summed E-state index contributed by atoms with van der Waals surface area (Å²) in [4.78, 5) is 14.8. The SMILES string of the molecule is COc1c(C(=O)C=Cc2ccc(C)s2)c(O)c(OC)c2occc12. The predicted molar refractivity (Wildman–Crippen MR) is 93.4 cm³/mol. The number of ketones is 1. The average molecular weight is 344 g/mol. The van der Waals surface area contributed by atoms with Crippen LogP contribution in [0.2, 0.25) is 0 Å². The van der Waals surface area contributed by atoms with Crippen molar-refractivity contribution in [3.8, 4) is 17.2 Å². The molecule has 3 rings (SSSR count). The van der Waals surface area contributed by atoms with E-state index in [1.807, 2.05) is 19.1 Å². The van der Waals surface area contributed by atoms with Gasteiger partial charge in [-0.2, -0.15) is 0 Å². The number of phenolic OH excluding ortho intramolecular Hbond substituents is 1. The number of phenols is 1. The van der Waals surface area contributed by atoms with Crippen LogP contribution in [-0.2, 0) is 0 Å². The standard InChI is InChI=1S/C18H16O5S/c1-10-4-5-11(24-10)6-7-13(19)14-15(20)18(22-3)17-12(8-9-23-17)16(14)21-2/h4-9,20H,1-3H3. The second-order valence-corrected chi connectivity index (χ2v) is 6.42. The summed E-state index contributed by atoms with van der Waals surface area (Å²) in [5.74, 6) is -0.306. The molecule has 2 heterocycles. The Kier molecular flexibility index (Phi) is 4.31. The zero-order chi connectivity index (χ0) is 17.3. The van der Waals surface area contributed by atoms with E-state index < -0.39 is 0 Å². The van der Waals surface area contributed by atoms with Crippen molar-refractivity contribution in [1.82, 2.24) is 0 Å². The van der Waals surface area contributed by atoms with Crippen molar-refractivity contribution in [2.45, 2.75) is 6.92 Å². The van der Waals surface area contributed by atoms with Crippen molar-refractivity contribution in [3.05, 3.63) is 45.9 Å². The number of furan rings is 1. The monoisotopic (exact) mass is 344 g/mol. The molecule has 0 saturated heterocycles. The number of hydrogen-bond donors (Lipinski definition) is 1. The van der Waals surface area contributed by atoms with Gasteiger partial charge in [0.2, 0.25) is 5.75 Å². The molecule has 6 heteroatoms. The molecule has 0 fully saturated rings. The smallest absolute Gasteiger partial charge is 0.205 e. The molecule has 24 heavy (non-hydrogen) atoms. The number of rotatable bonds is 5. The van der Waals surface area contributed by atoms with E-state index in [9.17, 15) is 9.90 Å². The Morgan fingerprint density at radius 3 is 2.58 bits per heavy atom. The summed E-state index contributed by atoms with van der Waals surface area (Å²) in [6, 6.07) is 5.58. The highest BCUT2D eigenvalue weighted by Gasteiger charge is 2.26. The lowest BCUT2D eigenvalue weighted by molar-refractivity contribution is 0.104. The van der Waals surface area contributed by atoms with Crippen LogP contribution in [0, 0.1) is 6.92 Å². The molecule has 0 saturated carbocycles. The number of ether oxygens (including phenoxy) is 2. The molecule has 1 aromatic carbocycles. The van der Waals surface area contributed by atoms with Gasteiger partial charge in [0.1, 0.15) is 11.3 Å². The van der Waals surface area contributed by atoms with Gasteiger partial charge in [-0.05, 0) is 37.3 Å². The van der Waals surface area contributed by atoms with Gasteiger partial charge >= 0.3 is 0 Å². The maximum Gasteiger partial charge on any atom is 0.205 e. The van der Waals surface area contributed by atoms with Crippen LogP contribution in [0.25, 0.3) is 17.0 Å². The Labute approximate surface area is 142 Å². The third-order valence-electron chi connectivity index (χ3n) is 3.61. The molecular formula is C18H16O5S. The zero-order valence-electron chi connectivity index (χ0n) is 13.5. The first-order valence-corrected chi connectivity index (χ1v) is 8.01. The van der Waals surface area contributed by atoms with Gasteiger partial charge in [-0.1, -0.05) is 0 Å². The van der Waals surface area contributed by atoms with Gasteiger partial charge in [0, 0.05) is 9.75 Å². The minimum atomic E-state index is -0.378. The van der Waals surface area contributed by atoms with Crippen LogP contribution in [0.1, 0.15) is 20.1 Å². The van der Waals surface area contributed by atoms with Gasteiger partial charge in [-0.3, -0.25) is 4.79 Å². The molecular weight excluding hydrogens is 328 g/mol. The number of thiophene rings is 1. The Morgan fingerprint density at radius 2 is 1.96 bits per heavy atom. The molecule has 0 aliphatic carbocycles. The second kappa shape index (κ2) is 6.41. The van der Waals surface area contributed by atoms with Crippen LogP contribution in [0.4, 0.5) is 0 Å². The van der Waals surface area contributed by atoms with Crippen LogP contribution >= 0.6 is 11.3 Å². The fourth-order valence-corrected chi connectivity index (χ4v) is 3.32. The second-order valence-electron chi connectivity index (χ2n) is 5.10. The summed E-state index contributed by atoms with van der Waals surface area (Å²) < 4.78 is 15.9. The largest absolute Gasteiger partial charge is 0.504 e. The van der Waals surface area contributed by atoms with Gasteiger partial charge < -0.3 is 19.0 Å². The molecule has 2 aromatic heterocycles. The molecule has 0 unspecified atom stereocenters. The van der Waals surface area contributed by atoms with Crippen molar-refractivity contribution in [3.63, 3.8) is 0 Å². The molecule has 5 nitrogen and oxygen atoms in total. The van der Waals surface area contributed by atoms with E-state index in [-0.39, 0.29) is 28.6 Å². The van der Waals surface area contributed by atoms with Crippen molar-refractivity contribution < 1.29 is 23.8 Å². The van der Waals surface area contributed by atoms with E-state index in [0.29, 0.717) is 11.0 Å². The summed E-state index contributed by atoms with van der Waals surface area (Å²) in [5, 5.41) is 11.0. The first-order chi connectivity index (χ1) is 11.6. The maximum atomic E-state index is 12.7. The number of carbonyl (C=O) groups is 1. The third-order valence-corrected chi connectivity index (χ3v) is 4.58. The number of benzene rings is 1. The number of allylic oxidation sites excluding steroid dienone is 1. The summed E-state index contributed by atoms with van der Waals surface area (Å²) >= 11 is 1.58. The normalized spacial score (nSPS) is 11.3. The van der Waals surface area contributed by atoms with Crippen molar-refractivity contribution in [1.29, 1.82) is 0 Å². The number of fused-ring (bicyclic) bond motifs is 1. The molecule has 0 aliphatic heterocycles. The lowest BCUT2D eigenvalue weighted by atomic mass is 10.0. The fourth-order valence-electron chi connectivity index (χ4n) is 2.54. The number of aryl methyl sites for hydroxylation is 1. The number of hydrogen-bond acceptors (Lipinski definition) is 6. The van der Waals surface area contributed by atoms with Crippen LogP contribution < -0.4 is 9.47 Å². The maximum absolute atomic E-state index is 12.7. The van der Waals surface area contributed by atoms with Gasteiger partial charge in [0.25, 0.3) is 0 Å². The van der Waals surface area contributed by atoms with E-state index in [4.69, 9.17) is 13.9 Å². The minimum absolute atomic E-state index is 0.0489. The minimum Gasteiger partial charge on any atom is -0.504 e. The van der Waals surface area contributed by atoms with Gasteiger partial charge in [0.15, 0.2) is 17.1 Å². The Morgan fingerprint density at radius 1 is 1.21 bits per heavy atom. The fraction of sp³-hybridized carbons (Fsp3) is 0.167. The van der Waals surface area contributed by atoms with E-state index in [2.05, 4.69) is 0 Å². The number of methoxy groups -OCH3 is 2. The number of carbonyl (C=O) groups excluding carboxylic acids is 1. The molecule has 0 radical (unpaired) electrons. The Balaban J connectivity index is 2.12. The summed E-state index contributed by atoms with van der Waals surface area (Å²) in [7, 11) is 2.85. The quantitative estimate of drug-likeness (QED) is 0.548. The first-order valence-electron chi connectivity index (χ1n) is 7.19. The highest BCUT2D eigenvalue weighted by Crippen LogP contribution is 2.45. The third kappa shape index (κ3) is 2.65. The summed E-state index contributed by atoms with van der Waals surface area (Å²) in [6.07, 6.45) is 4.58. The number of aromatic hydroxyl groups is 1. The van der Waals surface area contributed by atoms with Crippen LogP contribution in [0.3, 0.4) is 0 Å². The topological polar surface area (TPSA) is 68.9 Å². The molecule has 0 aliphatic rings. The summed E-state index contributed by atoms with van der Waals surface area (Å²) in [5.41, 5.74) is 0.383. The average Bonchev–Trinajstić information content (AvgIpc) is 3.20. The van der Waals surface area contributed by atoms with E-state index in [1.54, 1.807) is 23.5 Å².